The number of hydrogen-bond donors (Lipinski definition) is 1. The van der Waals surface area contributed by atoms with Crippen molar-refractivity contribution in [2.45, 2.75) is 6.61 Å². The maximum atomic E-state index is 13.1. The molecule has 4 aromatic rings. The van der Waals surface area contributed by atoms with Crippen molar-refractivity contribution >= 4 is 57.6 Å². The Balaban J connectivity index is 1.54. The zero-order chi connectivity index (χ0) is 23.7. The normalized spacial score (nSPS) is 14.6. The van der Waals surface area contributed by atoms with Gasteiger partial charge in [0.1, 0.15) is 17.9 Å². The molecule has 0 radical (unpaired) electrons. The highest BCUT2D eigenvalue weighted by Gasteiger charge is 2.34. The topological polar surface area (TPSA) is 58.6 Å². The molecule has 0 unspecified atom stereocenters. The van der Waals surface area contributed by atoms with Crippen LogP contribution in [0.15, 0.2) is 90.5 Å². The van der Waals surface area contributed by atoms with Gasteiger partial charge in [-0.1, -0.05) is 77.8 Å². The number of para-hydroxylation sites is 1. The molecule has 0 saturated carbocycles. The predicted molar refractivity (Wildman–Crippen MR) is 135 cm³/mol. The number of rotatable bonds is 5. The van der Waals surface area contributed by atoms with Crippen LogP contribution in [-0.2, 0) is 16.2 Å². The standard InChI is InChI=1S/C27H18Cl2N2O3/c28-19-12-10-18(24(29)14-19)16-34-25-13-11-17-6-4-5-9-21(17)22(25)15-23-26(32)30-31(27(23)33)20-7-2-1-3-8-20/h1-15H,16H2,(H,30,32)/b23-15-. The van der Waals surface area contributed by atoms with E-state index in [4.69, 9.17) is 27.9 Å². The van der Waals surface area contributed by atoms with Crippen molar-refractivity contribution < 1.29 is 14.3 Å². The zero-order valence-corrected chi connectivity index (χ0v) is 19.3. The minimum atomic E-state index is -0.478. The monoisotopic (exact) mass is 488 g/mol. The van der Waals surface area contributed by atoms with Gasteiger partial charge < -0.3 is 4.74 Å². The van der Waals surface area contributed by atoms with Crippen LogP contribution in [0.1, 0.15) is 11.1 Å². The van der Waals surface area contributed by atoms with Crippen molar-refractivity contribution in [2.75, 3.05) is 5.01 Å². The molecule has 1 N–H and O–H groups in total. The number of amides is 2. The summed E-state index contributed by atoms with van der Waals surface area (Å²) in [6, 6.07) is 25.6. The molecule has 1 heterocycles. The summed E-state index contributed by atoms with van der Waals surface area (Å²) in [4.78, 5) is 25.9. The number of fused-ring (bicyclic) bond motifs is 1. The second-order valence-electron chi connectivity index (χ2n) is 7.70. The van der Waals surface area contributed by atoms with Gasteiger partial charge in [0.15, 0.2) is 0 Å². The van der Waals surface area contributed by atoms with Crippen LogP contribution in [0.5, 0.6) is 5.75 Å². The molecule has 1 fully saturated rings. The Hall–Kier alpha value is -3.80. The summed E-state index contributed by atoms with van der Waals surface area (Å²) in [6.45, 7) is 0.195. The number of anilines is 1. The molecule has 4 aromatic carbocycles. The lowest BCUT2D eigenvalue weighted by Gasteiger charge is -2.14. The minimum Gasteiger partial charge on any atom is -0.488 e. The van der Waals surface area contributed by atoms with E-state index >= 15 is 0 Å². The molecular formula is C27H18Cl2N2O3. The Morgan fingerprint density at radius 2 is 1.65 bits per heavy atom. The number of hydrogen-bond acceptors (Lipinski definition) is 3. The average Bonchev–Trinajstić information content (AvgIpc) is 3.13. The number of carbonyl (C=O) groups is 2. The van der Waals surface area contributed by atoms with Crippen molar-refractivity contribution in [1.82, 2.24) is 5.43 Å². The van der Waals surface area contributed by atoms with Crippen molar-refractivity contribution in [1.29, 1.82) is 0 Å². The third-order valence-corrected chi connectivity index (χ3v) is 6.11. The Labute approximate surface area is 206 Å². The molecule has 0 aliphatic carbocycles. The average molecular weight is 489 g/mol. The maximum Gasteiger partial charge on any atom is 0.282 e. The molecule has 168 valence electrons. The molecule has 1 aliphatic rings. The molecule has 1 saturated heterocycles. The Morgan fingerprint density at radius 3 is 2.44 bits per heavy atom. The van der Waals surface area contributed by atoms with Crippen LogP contribution in [0.3, 0.4) is 0 Å². The number of ether oxygens (including phenoxy) is 1. The van der Waals surface area contributed by atoms with Gasteiger partial charge in [0.2, 0.25) is 0 Å². The number of hydrazine groups is 1. The Kier molecular flexibility index (Phi) is 5.97. The van der Waals surface area contributed by atoms with Crippen LogP contribution in [0.4, 0.5) is 5.69 Å². The first-order valence-electron chi connectivity index (χ1n) is 10.5. The van der Waals surface area contributed by atoms with E-state index in [0.29, 0.717) is 27.0 Å². The molecule has 0 bridgehead atoms. The Bertz CT molecular complexity index is 1450. The summed E-state index contributed by atoms with van der Waals surface area (Å²) in [5, 5.41) is 4.09. The van der Waals surface area contributed by atoms with Crippen LogP contribution in [0.2, 0.25) is 10.0 Å². The van der Waals surface area contributed by atoms with Gasteiger partial charge in [-0.25, -0.2) is 5.01 Å². The van der Waals surface area contributed by atoms with Gasteiger partial charge in [0, 0.05) is 21.2 Å². The molecule has 2 amide bonds. The molecule has 0 atom stereocenters. The third-order valence-electron chi connectivity index (χ3n) is 5.52. The first-order chi connectivity index (χ1) is 16.5. The first-order valence-corrected chi connectivity index (χ1v) is 11.3. The van der Waals surface area contributed by atoms with Gasteiger partial charge in [-0.3, -0.25) is 15.0 Å². The van der Waals surface area contributed by atoms with E-state index in [1.165, 1.54) is 5.01 Å². The van der Waals surface area contributed by atoms with E-state index < -0.39 is 11.8 Å². The van der Waals surface area contributed by atoms with Gasteiger partial charge in [0.05, 0.1) is 5.69 Å². The maximum absolute atomic E-state index is 13.1. The summed E-state index contributed by atoms with van der Waals surface area (Å²) in [6.07, 6.45) is 1.59. The summed E-state index contributed by atoms with van der Waals surface area (Å²) in [5.41, 5.74) is 4.64. The second-order valence-corrected chi connectivity index (χ2v) is 8.54. The quantitative estimate of drug-likeness (QED) is 0.269. The van der Waals surface area contributed by atoms with Crippen molar-refractivity contribution in [2.24, 2.45) is 0 Å². The summed E-state index contributed by atoms with van der Waals surface area (Å²) >= 11 is 12.3. The largest absolute Gasteiger partial charge is 0.488 e. The van der Waals surface area contributed by atoms with Crippen LogP contribution in [0.25, 0.3) is 16.8 Å². The minimum absolute atomic E-state index is 0.0228. The molecule has 34 heavy (non-hydrogen) atoms. The Morgan fingerprint density at radius 1 is 0.882 bits per heavy atom. The lowest BCUT2D eigenvalue weighted by molar-refractivity contribution is -0.117. The van der Waals surface area contributed by atoms with Crippen molar-refractivity contribution in [3.8, 4) is 5.75 Å². The van der Waals surface area contributed by atoms with E-state index in [1.54, 1.807) is 48.5 Å². The fourth-order valence-corrected chi connectivity index (χ4v) is 4.27. The number of nitrogens with one attached hydrogen (secondary N) is 1. The zero-order valence-electron chi connectivity index (χ0n) is 17.8. The summed E-state index contributed by atoms with van der Waals surface area (Å²) < 4.78 is 6.12. The van der Waals surface area contributed by atoms with E-state index in [0.717, 1.165) is 16.3 Å². The third kappa shape index (κ3) is 4.23. The van der Waals surface area contributed by atoms with Gasteiger partial charge in [-0.2, -0.15) is 0 Å². The van der Waals surface area contributed by atoms with E-state index in [1.807, 2.05) is 42.5 Å². The summed E-state index contributed by atoms with van der Waals surface area (Å²) in [5.74, 6) is -0.389. The highest BCUT2D eigenvalue weighted by molar-refractivity contribution is 6.35. The smallest absolute Gasteiger partial charge is 0.282 e. The fraction of sp³-hybridized carbons (Fsp3) is 0.0370. The first kappa shape index (κ1) is 22.0. The lowest BCUT2D eigenvalue weighted by atomic mass is 10.0. The SMILES string of the molecule is O=C1NN(c2ccccc2)C(=O)/C1=C\c1c(OCc2ccc(Cl)cc2Cl)ccc2ccccc12. The highest BCUT2D eigenvalue weighted by atomic mass is 35.5. The molecule has 7 heteroatoms. The van der Waals surface area contributed by atoms with Crippen LogP contribution in [-0.4, -0.2) is 11.8 Å². The van der Waals surface area contributed by atoms with Crippen LogP contribution in [0, 0.1) is 0 Å². The number of benzene rings is 4. The number of halogens is 2. The van der Waals surface area contributed by atoms with E-state index in [9.17, 15) is 9.59 Å². The van der Waals surface area contributed by atoms with E-state index in [-0.39, 0.29) is 12.2 Å². The number of nitrogens with zero attached hydrogens (tertiary/aromatic N) is 1. The number of carbonyl (C=O) groups excluding carboxylic acids is 2. The molecule has 5 rings (SSSR count). The molecule has 0 aromatic heterocycles. The second kappa shape index (κ2) is 9.21. The van der Waals surface area contributed by atoms with Crippen LogP contribution < -0.4 is 15.2 Å². The van der Waals surface area contributed by atoms with Gasteiger partial charge >= 0.3 is 0 Å². The molecule has 5 nitrogen and oxygen atoms in total. The molecule has 0 spiro atoms. The molecule has 1 aliphatic heterocycles. The van der Waals surface area contributed by atoms with Crippen molar-refractivity contribution in [3.05, 3.63) is 112 Å². The highest BCUT2D eigenvalue weighted by Crippen LogP contribution is 2.33. The fourth-order valence-electron chi connectivity index (χ4n) is 3.81. The van der Waals surface area contributed by atoms with Crippen molar-refractivity contribution in [3.63, 3.8) is 0 Å². The predicted octanol–water partition coefficient (Wildman–Crippen LogP) is 6.19. The van der Waals surface area contributed by atoms with Gasteiger partial charge in [0.25, 0.3) is 11.8 Å². The lowest BCUT2D eigenvalue weighted by Crippen LogP contribution is -2.35. The van der Waals surface area contributed by atoms with Gasteiger partial charge in [-0.15, -0.1) is 0 Å². The summed E-state index contributed by atoms with van der Waals surface area (Å²) in [7, 11) is 0. The van der Waals surface area contributed by atoms with Gasteiger partial charge in [-0.05, 0) is 47.2 Å². The van der Waals surface area contributed by atoms with Crippen LogP contribution >= 0.6 is 23.2 Å². The van der Waals surface area contributed by atoms with E-state index in [2.05, 4.69) is 5.43 Å². The molecular weight excluding hydrogens is 471 g/mol.